The summed E-state index contributed by atoms with van der Waals surface area (Å²) in [5, 5.41) is 2.99. The molecule has 1 heterocycles. The zero-order valence-corrected chi connectivity index (χ0v) is 17.1. The number of hydrogen-bond donors (Lipinski definition) is 1. The van der Waals surface area contributed by atoms with Crippen molar-refractivity contribution in [2.75, 3.05) is 33.1 Å². The molecular formula is C21H27N5O2. The number of nitrogens with zero attached hydrogens (tertiary/aromatic N) is 4. The Kier molecular flexibility index (Phi) is 5.63. The summed E-state index contributed by atoms with van der Waals surface area (Å²) in [4.78, 5) is 36.7. The fraction of sp³-hybridized carbons (Fsp3) is 0.429. The first kappa shape index (κ1) is 19.8. The fourth-order valence-corrected chi connectivity index (χ4v) is 2.99. The first-order valence-electron chi connectivity index (χ1n) is 9.41. The molecule has 1 N–H and O–H groups in total. The first-order valence-corrected chi connectivity index (χ1v) is 9.41. The number of anilines is 1. The maximum absolute atomic E-state index is 12.5. The van der Waals surface area contributed by atoms with Crippen LogP contribution in [-0.4, -0.2) is 54.9 Å². The number of amides is 2. The number of rotatable bonds is 6. The SMILES string of the molecule is C[C@H]1C[C@H]1C(=O)NCc1ccc(-c2nc(N(C)C)ncc2C(=O)N(C)C)cc1. The molecular weight excluding hydrogens is 354 g/mol. The zero-order valence-electron chi connectivity index (χ0n) is 17.1. The van der Waals surface area contributed by atoms with Gasteiger partial charge in [0.05, 0.1) is 11.3 Å². The molecule has 148 valence electrons. The van der Waals surface area contributed by atoms with Gasteiger partial charge >= 0.3 is 0 Å². The van der Waals surface area contributed by atoms with Gasteiger partial charge in [0.15, 0.2) is 0 Å². The molecule has 1 aromatic carbocycles. The van der Waals surface area contributed by atoms with Gasteiger partial charge < -0.3 is 15.1 Å². The molecule has 1 aliphatic carbocycles. The molecule has 7 heteroatoms. The van der Waals surface area contributed by atoms with Crippen LogP contribution in [0.5, 0.6) is 0 Å². The van der Waals surface area contributed by atoms with Gasteiger partial charge in [-0.05, 0) is 17.9 Å². The standard InChI is InChI=1S/C21H27N5O2/c1-13-10-16(13)19(27)22-11-14-6-8-15(9-7-14)18-17(20(28)25(2)3)12-23-21(24-18)26(4)5/h6-9,12-13,16H,10-11H2,1-5H3,(H,22,27)/t13-,16+/m0/s1. The van der Waals surface area contributed by atoms with E-state index >= 15 is 0 Å². The van der Waals surface area contributed by atoms with Crippen molar-refractivity contribution in [3.05, 3.63) is 41.6 Å². The molecule has 28 heavy (non-hydrogen) atoms. The van der Waals surface area contributed by atoms with E-state index < -0.39 is 0 Å². The lowest BCUT2D eigenvalue weighted by atomic mass is 10.0. The zero-order chi connectivity index (χ0) is 20.4. The average Bonchev–Trinajstić information content (AvgIpc) is 3.42. The van der Waals surface area contributed by atoms with Crippen molar-refractivity contribution in [1.82, 2.24) is 20.2 Å². The summed E-state index contributed by atoms with van der Waals surface area (Å²) in [6.45, 7) is 2.59. The van der Waals surface area contributed by atoms with Crippen molar-refractivity contribution >= 4 is 17.8 Å². The quantitative estimate of drug-likeness (QED) is 0.830. The molecule has 0 radical (unpaired) electrons. The van der Waals surface area contributed by atoms with Gasteiger partial charge in [-0.25, -0.2) is 9.97 Å². The molecule has 2 atom stereocenters. The molecule has 7 nitrogen and oxygen atoms in total. The summed E-state index contributed by atoms with van der Waals surface area (Å²) in [6.07, 6.45) is 2.56. The second-order valence-corrected chi connectivity index (χ2v) is 7.76. The summed E-state index contributed by atoms with van der Waals surface area (Å²) in [5.74, 6) is 1.19. The minimum atomic E-state index is -0.143. The summed E-state index contributed by atoms with van der Waals surface area (Å²) in [5.41, 5.74) is 2.90. The topological polar surface area (TPSA) is 78.4 Å². The van der Waals surface area contributed by atoms with Gasteiger partial charge in [-0.1, -0.05) is 31.2 Å². The molecule has 0 aliphatic heterocycles. The van der Waals surface area contributed by atoms with Gasteiger partial charge in [0.2, 0.25) is 11.9 Å². The Morgan fingerprint density at radius 2 is 1.79 bits per heavy atom. The van der Waals surface area contributed by atoms with Crippen LogP contribution in [0.15, 0.2) is 30.5 Å². The molecule has 0 unspecified atom stereocenters. The third-order valence-electron chi connectivity index (χ3n) is 4.95. The van der Waals surface area contributed by atoms with Crippen LogP contribution in [0.3, 0.4) is 0 Å². The number of carbonyl (C=O) groups excluding carboxylic acids is 2. The van der Waals surface area contributed by atoms with Crippen LogP contribution in [-0.2, 0) is 11.3 Å². The van der Waals surface area contributed by atoms with E-state index in [2.05, 4.69) is 22.2 Å². The first-order chi connectivity index (χ1) is 13.3. The number of aromatic nitrogens is 2. The molecule has 0 saturated heterocycles. The average molecular weight is 381 g/mol. The largest absolute Gasteiger partial charge is 0.352 e. The number of carbonyl (C=O) groups is 2. The predicted octanol–water partition coefficient (Wildman–Crippen LogP) is 2.18. The molecule has 0 spiro atoms. The second kappa shape index (κ2) is 7.96. The molecule has 1 aromatic heterocycles. The van der Waals surface area contributed by atoms with Crippen molar-refractivity contribution in [2.24, 2.45) is 11.8 Å². The van der Waals surface area contributed by atoms with Crippen LogP contribution >= 0.6 is 0 Å². The van der Waals surface area contributed by atoms with Gasteiger partial charge in [0.25, 0.3) is 5.91 Å². The Bertz CT molecular complexity index is 877. The highest BCUT2D eigenvalue weighted by atomic mass is 16.2. The Morgan fingerprint density at radius 1 is 1.14 bits per heavy atom. The van der Waals surface area contributed by atoms with E-state index in [1.807, 2.05) is 38.4 Å². The smallest absolute Gasteiger partial charge is 0.257 e. The van der Waals surface area contributed by atoms with E-state index in [1.54, 1.807) is 25.2 Å². The van der Waals surface area contributed by atoms with Crippen LogP contribution < -0.4 is 10.2 Å². The van der Waals surface area contributed by atoms with E-state index in [4.69, 9.17) is 0 Å². The minimum Gasteiger partial charge on any atom is -0.352 e. The monoisotopic (exact) mass is 381 g/mol. The van der Waals surface area contributed by atoms with E-state index in [9.17, 15) is 9.59 Å². The lowest BCUT2D eigenvalue weighted by molar-refractivity contribution is -0.122. The molecule has 1 aliphatic rings. The van der Waals surface area contributed by atoms with Crippen LogP contribution in [0, 0.1) is 11.8 Å². The van der Waals surface area contributed by atoms with E-state index in [-0.39, 0.29) is 17.7 Å². The Morgan fingerprint density at radius 3 is 2.32 bits per heavy atom. The highest BCUT2D eigenvalue weighted by Gasteiger charge is 2.38. The maximum Gasteiger partial charge on any atom is 0.257 e. The van der Waals surface area contributed by atoms with E-state index in [0.717, 1.165) is 17.5 Å². The summed E-state index contributed by atoms with van der Waals surface area (Å²) in [7, 11) is 7.13. The molecule has 3 rings (SSSR count). The van der Waals surface area contributed by atoms with Gasteiger partial charge in [-0.3, -0.25) is 9.59 Å². The molecule has 1 saturated carbocycles. The van der Waals surface area contributed by atoms with Gasteiger partial charge in [-0.15, -0.1) is 0 Å². The summed E-state index contributed by atoms with van der Waals surface area (Å²) < 4.78 is 0. The van der Waals surface area contributed by atoms with Crippen molar-refractivity contribution in [3.63, 3.8) is 0 Å². The predicted molar refractivity (Wildman–Crippen MR) is 109 cm³/mol. The normalized spacial score (nSPS) is 17.8. The molecule has 2 amide bonds. The number of benzene rings is 1. The van der Waals surface area contributed by atoms with Crippen molar-refractivity contribution < 1.29 is 9.59 Å². The molecule has 0 bridgehead atoms. The second-order valence-electron chi connectivity index (χ2n) is 7.76. The van der Waals surface area contributed by atoms with Crippen LogP contribution in [0.2, 0.25) is 0 Å². The number of hydrogen-bond acceptors (Lipinski definition) is 5. The third kappa shape index (κ3) is 4.30. The number of nitrogens with one attached hydrogen (secondary N) is 1. The van der Waals surface area contributed by atoms with Crippen LogP contribution in [0.4, 0.5) is 5.95 Å². The van der Waals surface area contributed by atoms with Gasteiger partial charge in [-0.2, -0.15) is 0 Å². The molecule has 1 fully saturated rings. The highest BCUT2D eigenvalue weighted by molar-refractivity contribution is 5.99. The van der Waals surface area contributed by atoms with Crippen LogP contribution in [0.1, 0.15) is 29.3 Å². The lowest BCUT2D eigenvalue weighted by Crippen LogP contribution is -2.25. The Labute approximate surface area is 165 Å². The van der Waals surface area contributed by atoms with E-state index in [1.165, 1.54) is 4.90 Å². The Balaban J connectivity index is 1.82. The van der Waals surface area contributed by atoms with Gasteiger partial charge in [0, 0.05) is 52.4 Å². The van der Waals surface area contributed by atoms with Crippen molar-refractivity contribution in [1.29, 1.82) is 0 Å². The van der Waals surface area contributed by atoms with E-state index in [0.29, 0.717) is 29.7 Å². The Hall–Kier alpha value is -2.96. The summed E-state index contributed by atoms with van der Waals surface area (Å²) >= 11 is 0. The summed E-state index contributed by atoms with van der Waals surface area (Å²) in [6, 6.07) is 7.76. The van der Waals surface area contributed by atoms with Crippen LogP contribution in [0.25, 0.3) is 11.3 Å². The third-order valence-corrected chi connectivity index (χ3v) is 4.95. The highest BCUT2D eigenvalue weighted by Crippen LogP contribution is 2.37. The van der Waals surface area contributed by atoms with Crippen molar-refractivity contribution in [2.45, 2.75) is 19.9 Å². The molecule has 2 aromatic rings. The van der Waals surface area contributed by atoms with Crippen molar-refractivity contribution in [3.8, 4) is 11.3 Å². The van der Waals surface area contributed by atoms with Gasteiger partial charge in [0.1, 0.15) is 0 Å². The minimum absolute atomic E-state index is 0.127. The lowest BCUT2D eigenvalue weighted by Gasteiger charge is -2.16. The fourth-order valence-electron chi connectivity index (χ4n) is 2.99. The maximum atomic E-state index is 12.5.